The highest BCUT2D eigenvalue weighted by molar-refractivity contribution is 9.10. The smallest absolute Gasteiger partial charge is 0.187 e. The highest BCUT2D eigenvalue weighted by Crippen LogP contribution is 2.28. The molecule has 0 aliphatic rings. The van der Waals surface area contributed by atoms with Crippen molar-refractivity contribution in [3.8, 4) is 11.3 Å². The minimum absolute atomic E-state index is 0. The van der Waals surface area contributed by atoms with Gasteiger partial charge in [-0.1, -0.05) is 40.2 Å². The van der Waals surface area contributed by atoms with Gasteiger partial charge in [0, 0.05) is 21.1 Å². The second-order valence-corrected chi connectivity index (χ2v) is 6.31. The summed E-state index contributed by atoms with van der Waals surface area (Å²) in [6.45, 7) is 2.08. The van der Waals surface area contributed by atoms with Crippen molar-refractivity contribution < 1.29 is 17.0 Å². The maximum Gasteiger partial charge on any atom is 0.187 e. The molecule has 0 spiro atoms. The lowest BCUT2D eigenvalue weighted by Crippen LogP contribution is -3.00. The molecular weight excluding hydrogens is 412 g/mol. The quantitative estimate of drug-likeness (QED) is 0.699. The van der Waals surface area contributed by atoms with Crippen LogP contribution in [0.1, 0.15) is 5.56 Å². The third-order valence-corrected chi connectivity index (χ3v) is 4.20. The molecule has 0 fully saturated rings. The fourth-order valence-corrected chi connectivity index (χ4v) is 2.93. The Bertz CT molecular complexity index is 723. The molecule has 0 unspecified atom stereocenters. The van der Waals surface area contributed by atoms with Crippen molar-refractivity contribution in [2.75, 3.05) is 5.32 Å². The summed E-state index contributed by atoms with van der Waals surface area (Å²) in [5.41, 5.74) is 4.43. The number of halogens is 2. The summed E-state index contributed by atoms with van der Waals surface area (Å²) in [6.07, 6.45) is 0. The maximum absolute atomic E-state index is 4.63. The number of hydrogen-bond donors (Lipinski definition) is 1. The number of thiazole rings is 1. The number of nitrogens with one attached hydrogen (secondary N) is 1. The van der Waals surface area contributed by atoms with Gasteiger partial charge in [0.2, 0.25) is 0 Å². The van der Waals surface area contributed by atoms with E-state index in [0.717, 1.165) is 26.5 Å². The number of aryl methyl sites for hydroxylation is 1. The van der Waals surface area contributed by atoms with Gasteiger partial charge in [0.15, 0.2) is 5.13 Å². The van der Waals surface area contributed by atoms with Crippen molar-refractivity contribution in [2.45, 2.75) is 6.92 Å². The van der Waals surface area contributed by atoms with E-state index >= 15 is 0 Å². The van der Waals surface area contributed by atoms with Gasteiger partial charge in [-0.05, 0) is 36.8 Å². The molecule has 1 aromatic heterocycles. The van der Waals surface area contributed by atoms with Crippen molar-refractivity contribution in [3.63, 3.8) is 0 Å². The Morgan fingerprint density at radius 1 is 1.10 bits per heavy atom. The predicted octanol–water partition coefficient (Wildman–Crippen LogP) is 2.63. The second-order valence-electron chi connectivity index (χ2n) is 4.54. The molecule has 3 rings (SSSR count). The van der Waals surface area contributed by atoms with Gasteiger partial charge in [-0.2, -0.15) is 0 Å². The molecule has 0 aliphatic heterocycles. The SMILES string of the molecule is Cc1cccc(Nc2nc(-c3ccc(Br)cc3)cs2)c1.[Br-]. The third-order valence-electron chi connectivity index (χ3n) is 2.91. The Morgan fingerprint density at radius 2 is 1.86 bits per heavy atom. The lowest BCUT2D eigenvalue weighted by atomic mass is 10.2. The van der Waals surface area contributed by atoms with Crippen LogP contribution in [-0.2, 0) is 0 Å². The van der Waals surface area contributed by atoms with Crippen LogP contribution in [0.4, 0.5) is 10.8 Å². The van der Waals surface area contributed by atoms with Crippen LogP contribution in [0.5, 0.6) is 0 Å². The fourth-order valence-electron chi connectivity index (χ4n) is 1.93. The topological polar surface area (TPSA) is 24.9 Å². The summed E-state index contributed by atoms with van der Waals surface area (Å²) in [4.78, 5) is 4.63. The number of hydrogen-bond acceptors (Lipinski definition) is 3. The van der Waals surface area contributed by atoms with Crippen LogP contribution in [0.3, 0.4) is 0 Å². The zero-order valence-corrected chi connectivity index (χ0v) is 15.3. The van der Waals surface area contributed by atoms with Crippen molar-refractivity contribution in [1.82, 2.24) is 4.98 Å². The molecule has 0 radical (unpaired) electrons. The molecular formula is C16H13Br2N2S-. The molecule has 108 valence electrons. The third kappa shape index (κ3) is 4.15. The van der Waals surface area contributed by atoms with Crippen LogP contribution >= 0.6 is 27.3 Å². The average molecular weight is 425 g/mol. The van der Waals surface area contributed by atoms with Crippen molar-refractivity contribution in [3.05, 3.63) is 63.9 Å². The highest BCUT2D eigenvalue weighted by atomic mass is 79.9. The summed E-state index contributed by atoms with van der Waals surface area (Å²) in [5, 5.41) is 6.33. The second kappa shape index (κ2) is 7.20. The van der Waals surface area contributed by atoms with E-state index in [4.69, 9.17) is 0 Å². The van der Waals surface area contributed by atoms with Gasteiger partial charge in [0.05, 0.1) is 5.69 Å². The van der Waals surface area contributed by atoms with Gasteiger partial charge in [-0.25, -0.2) is 4.98 Å². The van der Waals surface area contributed by atoms with Gasteiger partial charge < -0.3 is 22.3 Å². The van der Waals surface area contributed by atoms with E-state index < -0.39 is 0 Å². The van der Waals surface area contributed by atoms with E-state index in [0.29, 0.717) is 0 Å². The molecule has 5 heteroatoms. The van der Waals surface area contributed by atoms with Gasteiger partial charge >= 0.3 is 0 Å². The summed E-state index contributed by atoms with van der Waals surface area (Å²) in [6, 6.07) is 16.5. The number of rotatable bonds is 3. The molecule has 1 heterocycles. The Balaban J connectivity index is 0.00000161. The maximum atomic E-state index is 4.63. The molecule has 0 saturated heterocycles. The van der Waals surface area contributed by atoms with Crippen molar-refractivity contribution >= 4 is 38.1 Å². The molecule has 3 aromatic rings. The van der Waals surface area contributed by atoms with Crippen LogP contribution in [0.2, 0.25) is 0 Å². The first-order chi connectivity index (χ1) is 9.70. The summed E-state index contributed by atoms with van der Waals surface area (Å²) < 4.78 is 1.08. The van der Waals surface area contributed by atoms with Crippen LogP contribution < -0.4 is 22.3 Å². The summed E-state index contributed by atoms with van der Waals surface area (Å²) >= 11 is 5.06. The lowest BCUT2D eigenvalue weighted by Gasteiger charge is -2.03. The van der Waals surface area contributed by atoms with Gasteiger partial charge in [-0.15, -0.1) is 11.3 Å². The van der Waals surface area contributed by atoms with E-state index in [1.54, 1.807) is 11.3 Å². The number of benzene rings is 2. The lowest BCUT2D eigenvalue weighted by molar-refractivity contribution is -0.00000388. The normalized spacial score (nSPS) is 10.0. The van der Waals surface area contributed by atoms with Gasteiger partial charge in [-0.3, -0.25) is 0 Å². The summed E-state index contributed by atoms with van der Waals surface area (Å²) in [5.74, 6) is 0. The van der Waals surface area contributed by atoms with Gasteiger partial charge in [0.25, 0.3) is 0 Å². The van der Waals surface area contributed by atoms with E-state index in [2.05, 4.69) is 62.8 Å². The van der Waals surface area contributed by atoms with Crippen LogP contribution in [0.25, 0.3) is 11.3 Å². The zero-order valence-electron chi connectivity index (χ0n) is 11.3. The van der Waals surface area contributed by atoms with Crippen molar-refractivity contribution in [2.24, 2.45) is 0 Å². The molecule has 2 nitrogen and oxygen atoms in total. The largest absolute Gasteiger partial charge is 1.00 e. The minimum atomic E-state index is 0. The fraction of sp³-hybridized carbons (Fsp3) is 0.0625. The van der Waals surface area contributed by atoms with E-state index in [1.807, 2.05) is 24.3 Å². The van der Waals surface area contributed by atoms with Crippen LogP contribution in [-0.4, -0.2) is 4.98 Å². The highest BCUT2D eigenvalue weighted by Gasteiger charge is 2.04. The predicted molar refractivity (Wildman–Crippen MR) is 89.7 cm³/mol. The van der Waals surface area contributed by atoms with Crippen LogP contribution in [0.15, 0.2) is 58.4 Å². The Labute approximate surface area is 147 Å². The zero-order chi connectivity index (χ0) is 13.9. The molecule has 1 N–H and O–H groups in total. The number of anilines is 2. The van der Waals surface area contributed by atoms with Crippen LogP contribution in [0, 0.1) is 6.92 Å². The molecule has 21 heavy (non-hydrogen) atoms. The molecule has 0 aliphatic carbocycles. The average Bonchev–Trinajstić information content (AvgIpc) is 2.88. The Morgan fingerprint density at radius 3 is 2.57 bits per heavy atom. The first kappa shape index (κ1) is 16.2. The molecule has 0 amide bonds. The minimum Gasteiger partial charge on any atom is -1.00 e. The molecule has 0 bridgehead atoms. The van der Waals surface area contributed by atoms with E-state index in [-0.39, 0.29) is 17.0 Å². The molecule has 0 saturated carbocycles. The number of nitrogens with zero attached hydrogens (tertiary/aromatic N) is 1. The van der Waals surface area contributed by atoms with Gasteiger partial charge in [0.1, 0.15) is 0 Å². The number of aromatic nitrogens is 1. The van der Waals surface area contributed by atoms with E-state index in [1.165, 1.54) is 5.56 Å². The first-order valence-corrected chi connectivity index (χ1v) is 7.93. The molecule has 0 atom stereocenters. The summed E-state index contributed by atoms with van der Waals surface area (Å²) in [7, 11) is 0. The molecule has 2 aromatic carbocycles. The monoisotopic (exact) mass is 423 g/mol. The van der Waals surface area contributed by atoms with Crippen molar-refractivity contribution in [1.29, 1.82) is 0 Å². The standard InChI is InChI=1S/C16H13BrN2S.BrH/c1-11-3-2-4-14(9-11)18-16-19-15(10-20-16)12-5-7-13(17)8-6-12;/h2-10H,1H3,(H,18,19);1H/p-1. The Hall–Kier alpha value is -1.17. The Kier molecular flexibility index (Phi) is 5.56. The van der Waals surface area contributed by atoms with E-state index in [9.17, 15) is 0 Å². The first-order valence-electron chi connectivity index (χ1n) is 6.26.